The molecule has 0 radical (unpaired) electrons. The molecular formula is C12H14ClF3N2O2. The number of carbonyl (C=O) groups excluding carboxylic acids is 1. The Morgan fingerprint density at radius 1 is 1.40 bits per heavy atom. The first-order chi connectivity index (χ1) is 9.34. The summed E-state index contributed by atoms with van der Waals surface area (Å²) in [6.45, 7) is 0.724. The largest absolute Gasteiger partial charge is 0.418 e. The van der Waals surface area contributed by atoms with Crippen LogP contribution in [0.1, 0.15) is 5.56 Å². The lowest BCUT2D eigenvalue weighted by molar-refractivity contribution is -0.137. The molecule has 0 heterocycles. The summed E-state index contributed by atoms with van der Waals surface area (Å²) in [5, 5.41) is 4.88. The number of ether oxygens (including phenoxy) is 1. The van der Waals surface area contributed by atoms with Gasteiger partial charge < -0.3 is 15.4 Å². The van der Waals surface area contributed by atoms with Crippen molar-refractivity contribution in [3.05, 3.63) is 28.8 Å². The number of hydrogen-bond donors (Lipinski definition) is 2. The van der Waals surface area contributed by atoms with Crippen LogP contribution in [0.25, 0.3) is 0 Å². The minimum Gasteiger partial charge on any atom is -0.383 e. The second-order valence-electron chi connectivity index (χ2n) is 3.91. The average molecular weight is 311 g/mol. The van der Waals surface area contributed by atoms with Crippen LogP contribution in [0, 0.1) is 0 Å². The van der Waals surface area contributed by atoms with Crippen LogP contribution in [0.5, 0.6) is 0 Å². The van der Waals surface area contributed by atoms with Crippen molar-refractivity contribution in [3.8, 4) is 0 Å². The molecule has 20 heavy (non-hydrogen) atoms. The van der Waals surface area contributed by atoms with E-state index < -0.39 is 17.6 Å². The predicted molar refractivity (Wildman–Crippen MR) is 69.8 cm³/mol. The van der Waals surface area contributed by atoms with Gasteiger partial charge in [-0.25, -0.2) is 0 Å². The number of anilines is 1. The fourth-order valence-electron chi connectivity index (χ4n) is 1.43. The smallest absolute Gasteiger partial charge is 0.383 e. The lowest BCUT2D eigenvalue weighted by atomic mass is 10.1. The molecule has 8 heteroatoms. The zero-order valence-electron chi connectivity index (χ0n) is 10.7. The Morgan fingerprint density at radius 3 is 2.70 bits per heavy atom. The standard InChI is InChI=1S/C12H14ClF3N2O2/c1-20-5-4-17-7-11(19)18-10-3-2-8(13)6-9(10)12(14,15)16/h2-3,6,17H,4-5,7H2,1H3,(H,18,19). The van der Waals surface area contributed by atoms with Crippen molar-refractivity contribution in [1.82, 2.24) is 5.32 Å². The molecule has 0 spiro atoms. The molecule has 2 N–H and O–H groups in total. The molecule has 0 saturated carbocycles. The van der Waals surface area contributed by atoms with Crippen LogP contribution in [0.3, 0.4) is 0 Å². The maximum absolute atomic E-state index is 12.8. The Morgan fingerprint density at radius 2 is 2.10 bits per heavy atom. The number of halogens is 4. The molecule has 1 amide bonds. The van der Waals surface area contributed by atoms with Gasteiger partial charge in [0, 0.05) is 18.7 Å². The van der Waals surface area contributed by atoms with E-state index in [1.165, 1.54) is 13.2 Å². The van der Waals surface area contributed by atoms with E-state index >= 15 is 0 Å². The molecule has 0 aliphatic rings. The van der Waals surface area contributed by atoms with Crippen molar-refractivity contribution in [2.75, 3.05) is 32.1 Å². The van der Waals surface area contributed by atoms with Crippen LogP contribution in [-0.2, 0) is 15.7 Å². The molecule has 1 aromatic carbocycles. The molecule has 0 aromatic heterocycles. The quantitative estimate of drug-likeness (QED) is 0.794. The van der Waals surface area contributed by atoms with Gasteiger partial charge in [0.1, 0.15) is 0 Å². The first-order valence-corrected chi connectivity index (χ1v) is 6.08. The molecule has 0 aliphatic carbocycles. The van der Waals surface area contributed by atoms with E-state index in [0.29, 0.717) is 13.2 Å². The highest BCUT2D eigenvalue weighted by molar-refractivity contribution is 6.30. The van der Waals surface area contributed by atoms with E-state index in [4.69, 9.17) is 16.3 Å². The summed E-state index contributed by atoms with van der Waals surface area (Å²) in [7, 11) is 1.51. The van der Waals surface area contributed by atoms with Gasteiger partial charge in [0.2, 0.25) is 5.91 Å². The summed E-state index contributed by atoms with van der Waals surface area (Å²) in [5.41, 5.74) is -1.30. The summed E-state index contributed by atoms with van der Waals surface area (Å²) in [5.74, 6) is -0.575. The molecule has 0 atom stereocenters. The molecule has 0 bridgehead atoms. The number of hydrogen-bond acceptors (Lipinski definition) is 3. The maximum atomic E-state index is 12.8. The van der Waals surface area contributed by atoms with Gasteiger partial charge in [-0.2, -0.15) is 13.2 Å². The van der Waals surface area contributed by atoms with E-state index in [-0.39, 0.29) is 17.3 Å². The molecule has 1 aromatic rings. The van der Waals surface area contributed by atoms with Gasteiger partial charge in [-0.3, -0.25) is 4.79 Å². The SMILES string of the molecule is COCCNCC(=O)Nc1ccc(Cl)cc1C(F)(F)F. The van der Waals surface area contributed by atoms with Crippen molar-refractivity contribution in [3.63, 3.8) is 0 Å². The van der Waals surface area contributed by atoms with Gasteiger partial charge in [-0.15, -0.1) is 0 Å². The fourth-order valence-corrected chi connectivity index (χ4v) is 1.60. The number of methoxy groups -OCH3 is 1. The summed E-state index contributed by atoms with van der Waals surface area (Å²) in [6.07, 6.45) is -4.59. The third kappa shape index (κ3) is 5.36. The number of rotatable bonds is 6. The zero-order chi connectivity index (χ0) is 15.2. The zero-order valence-corrected chi connectivity index (χ0v) is 11.4. The third-order valence-electron chi connectivity index (χ3n) is 2.33. The van der Waals surface area contributed by atoms with Gasteiger partial charge in [-0.1, -0.05) is 11.6 Å². The van der Waals surface area contributed by atoms with Crippen LogP contribution < -0.4 is 10.6 Å². The Kier molecular flexibility index (Phi) is 6.25. The van der Waals surface area contributed by atoms with E-state index in [9.17, 15) is 18.0 Å². The van der Waals surface area contributed by atoms with Crippen molar-refractivity contribution in [1.29, 1.82) is 0 Å². The van der Waals surface area contributed by atoms with Crippen LogP contribution in [-0.4, -0.2) is 32.7 Å². The van der Waals surface area contributed by atoms with Crippen LogP contribution in [0.15, 0.2) is 18.2 Å². The third-order valence-corrected chi connectivity index (χ3v) is 2.56. The summed E-state index contributed by atoms with van der Waals surface area (Å²) in [6, 6.07) is 3.18. The molecule has 1 rings (SSSR count). The van der Waals surface area contributed by atoms with Gasteiger partial charge >= 0.3 is 6.18 Å². The molecule has 112 valence electrons. The fraction of sp³-hybridized carbons (Fsp3) is 0.417. The summed E-state index contributed by atoms with van der Waals surface area (Å²) >= 11 is 5.54. The van der Waals surface area contributed by atoms with Gasteiger partial charge in [0.25, 0.3) is 0 Å². The molecule has 4 nitrogen and oxygen atoms in total. The van der Waals surface area contributed by atoms with Crippen molar-refractivity contribution in [2.24, 2.45) is 0 Å². The molecule has 0 fully saturated rings. The normalized spacial score (nSPS) is 11.4. The highest BCUT2D eigenvalue weighted by atomic mass is 35.5. The molecule has 0 aliphatic heterocycles. The monoisotopic (exact) mass is 310 g/mol. The van der Waals surface area contributed by atoms with Gasteiger partial charge in [0.05, 0.1) is 24.4 Å². The topological polar surface area (TPSA) is 50.4 Å². The Hall–Kier alpha value is -1.31. The number of nitrogens with one attached hydrogen (secondary N) is 2. The first kappa shape index (κ1) is 16.7. The van der Waals surface area contributed by atoms with E-state index in [1.807, 2.05) is 0 Å². The number of benzene rings is 1. The Bertz CT molecular complexity index is 467. The van der Waals surface area contributed by atoms with Crippen LogP contribution in [0.4, 0.5) is 18.9 Å². The highest BCUT2D eigenvalue weighted by Gasteiger charge is 2.34. The lowest BCUT2D eigenvalue weighted by Crippen LogP contribution is -2.30. The van der Waals surface area contributed by atoms with Crippen molar-refractivity contribution in [2.45, 2.75) is 6.18 Å². The van der Waals surface area contributed by atoms with Crippen LogP contribution in [0.2, 0.25) is 5.02 Å². The minimum atomic E-state index is -4.59. The van der Waals surface area contributed by atoms with E-state index in [2.05, 4.69) is 10.6 Å². The first-order valence-electron chi connectivity index (χ1n) is 5.71. The lowest BCUT2D eigenvalue weighted by Gasteiger charge is -2.14. The summed E-state index contributed by atoms with van der Waals surface area (Å²) in [4.78, 5) is 11.5. The van der Waals surface area contributed by atoms with Crippen molar-refractivity contribution >= 4 is 23.2 Å². The summed E-state index contributed by atoms with van der Waals surface area (Å²) < 4.78 is 43.1. The maximum Gasteiger partial charge on any atom is 0.418 e. The Labute approximate surface area is 119 Å². The number of amides is 1. The van der Waals surface area contributed by atoms with Crippen LogP contribution >= 0.6 is 11.6 Å². The van der Waals surface area contributed by atoms with Gasteiger partial charge in [0.15, 0.2) is 0 Å². The highest BCUT2D eigenvalue weighted by Crippen LogP contribution is 2.36. The average Bonchev–Trinajstić information content (AvgIpc) is 2.35. The molecular weight excluding hydrogens is 297 g/mol. The Balaban J connectivity index is 2.70. The van der Waals surface area contributed by atoms with E-state index in [1.54, 1.807) is 0 Å². The predicted octanol–water partition coefficient (Wildman–Crippen LogP) is 2.53. The second-order valence-corrected chi connectivity index (χ2v) is 4.34. The molecule has 0 saturated heterocycles. The number of carbonyl (C=O) groups is 1. The van der Waals surface area contributed by atoms with Crippen molar-refractivity contribution < 1.29 is 22.7 Å². The second kappa shape index (κ2) is 7.47. The van der Waals surface area contributed by atoms with E-state index in [0.717, 1.165) is 12.1 Å². The number of alkyl halides is 3. The molecule has 0 unspecified atom stereocenters. The minimum absolute atomic E-state index is 0.0476. The van der Waals surface area contributed by atoms with Gasteiger partial charge in [-0.05, 0) is 18.2 Å².